The summed E-state index contributed by atoms with van der Waals surface area (Å²) in [6.07, 6.45) is 4.38. The number of hydrogen-bond acceptors (Lipinski definition) is 2. The fourth-order valence-corrected chi connectivity index (χ4v) is 3.57. The van der Waals surface area contributed by atoms with Crippen LogP contribution in [0.1, 0.15) is 43.6 Å². The second-order valence-electron chi connectivity index (χ2n) is 6.43. The zero-order valence-corrected chi connectivity index (χ0v) is 12.4. The third-order valence-electron chi connectivity index (χ3n) is 4.97. The van der Waals surface area contributed by atoms with Gasteiger partial charge in [0.15, 0.2) is 0 Å². The zero-order valence-electron chi connectivity index (χ0n) is 12.4. The molecule has 1 aromatic rings. The number of rotatable bonds is 4. The van der Waals surface area contributed by atoms with E-state index in [1.54, 1.807) is 0 Å². The van der Waals surface area contributed by atoms with Crippen molar-refractivity contribution in [2.45, 2.75) is 44.1 Å². The Labute approximate surface area is 128 Å². The second kappa shape index (κ2) is 6.32. The van der Waals surface area contributed by atoms with E-state index in [2.05, 4.69) is 5.32 Å². The molecule has 0 radical (unpaired) electrons. The summed E-state index contributed by atoms with van der Waals surface area (Å²) in [5.74, 6) is -1.92. The number of nitrogens with one attached hydrogen (secondary N) is 1. The topological polar surface area (TPSA) is 49.3 Å². The van der Waals surface area contributed by atoms with Gasteiger partial charge in [0.05, 0.1) is 0 Å². The SMILES string of the molecule is O=C(N[C@@H]1CCCC[C@@H]1CO)[C@H]1C[C@@H]1c1c(F)cccc1F. The number of carbonyl (C=O) groups is 1. The van der Waals surface area contributed by atoms with E-state index >= 15 is 0 Å². The van der Waals surface area contributed by atoms with Crippen molar-refractivity contribution in [2.24, 2.45) is 11.8 Å². The molecule has 2 N–H and O–H groups in total. The summed E-state index contributed by atoms with van der Waals surface area (Å²) in [5, 5.41) is 12.4. The van der Waals surface area contributed by atoms with Gasteiger partial charge in [-0.2, -0.15) is 0 Å². The quantitative estimate of drug-likeness (QED) is 0.898. The van der Waals surface area contributed by atoms with Crippen molar-refractivity contribution in [1.29, 1.82) is 0 Å². The van der Waals surface area contributed by atoms with Crippen molar-refractivity contribution >= 4 is 5.91 Å². The van der Waals surface area contributed by atoms with Gasteiger partial charge in [-0.15, -0.1) is 0 Å². The van der Waals surface area contributed by atoms with Crippen molar-refractivity contribution in [2.75, 3.05) is 6.61 Å². The summed E-state index contributed by atoms with van der Waals surface area (Å²) in [5.41, 5.74) is 0.0324. The van der Waals surface area contributed by atoms with E-state index in [4.69, 9.17) is 0 Å². The maximum Gasteiger partial charge on any atom is 0.223 e. The van der Waals surface area contributed by atoms with Gasteiger partial charge in [0, 0.05) is 36.0 Å². The Morgan fingerprint density at radius 3 is 2.59 bits per heavy atom. The van der Waals surface area contributed by atoms with E-state index in [0.717, 1.165) is 25.7 Å². The standard InChI is InChI=1S/C17H21F2NO2/c18-13-5-3-6-14(19)16(13)11-8-12(11)17(22)20-15-7-2-1-4-10(15)9-21/h3,5-6,10-12,15,21H,1-2,4,7-9H2,(H,20,22)/t10-,11+,12+,15-/m1/s1. The van der Waals surface area contributed by atoms with Crippen LogP contribution in [0.25, 0.3) is 0 Å². The molecule has 4 atom stereocenters. The summed E-state index contributed by atoms with van der Waals surface area (Å²) in [6.45, 7) is 0.0704. The summed E-state index contributed by atoms with van der Waals surface area (Å²) < 4.78 is 27.5. The molecule has 1 aromatic carbocycles. The van der Waals surface area contributed by atoms with Gasteiger partial charge in [-0.1, -0.05) is 18.9 Å². The minimum Gasteiger partial charge on any atom is -0.396 e. The minimum absolute atomic E-state index is 0.0158. The van der Waals surface area contributed by atoms with Crippen LogP contribution >= 0.6 is 0 Å². The highest BCUT2D eigenvalue weighted by Gasteiger charge is 2.47. The average molecular weight is 309 g/mol. The van der Waals surface area contributed by atoms with Gasteiger partial charge in [0.25, 0.3) is 0 Å². The molecule has 0 spiro atoms. The second-order valence-corrected chi connectivity index (χ2v) is 6.43. The predicted molar refractivity (Wildman–Crippen MR) is 78.2 cm³/mol. The van der Waals surface area contributed by atoms with Crippen LogP contribution in [-0.4, -0.2) is 23.7 Å². The lowest BCUT2D eigenvalue weighted by atomic mass is 9.85. The van der Waals surface area contributed by atoms with E-state index in [1.807, 2.05) is 0 Å². The van der Waals surface area contributed by atoms with E-state index in [-0.39, 0.29) is 41.9 Å². The van der Waals surface area contributed by atoms with Crippen molar-refractivity contribution in [3.8, 4) is 0 Å². The first-order valence-electron chi connectivity index (χ1n) is 7.97. The van der Waals surface area contributed by atoms with Crippen LogP contribution < -0.4 is 5.32 Å². The molecular formula is C17H21F2NO2. The van der Waals surface area contributed by atoms with Gasteiger partial charge in [-0.3, -0.25) is 4.79 Å². The Morgan fingerprint density at radius 1 is 1.23 bits per heavy atom. The number of aliphatic hydroxyl groups excluding tert-OH is 1. The summed E-state index contributed by atoms with van der Waals surface area (Å²) in [6, 6.07) is 3.78. The summed E-state index contributed by atoms with van der Waals surface area (Å²) in [4.78, 5) is 12.3. The molecule has 2 aliphatic carbocycles. The Kier molecular flexibility index (Phi) is 4.43. The van der Waals surface area contributed by atoms with Gasteiger partial charge in [0.2, 0.25) is 5.91 Å². The van der Waals surface area contributed by atoms with Crippen LogP contribution in [0, 0.1) is 23.5 Å². The van der Waals surface area contributed by atoms with Crippen LogP contribution in [0.2, 0.25) is 0 Å². The molecule has 0 saturated heterocycles. The van der Waals surface area contributed by atoms with Gasteiger partial charge < -0.3 is 10.4 Å². The molecule has 0 bridgehead atoms. The molecule has 2 saturated carbocycles. The molecule has 3 rings (SSSR count). The monoisotopic (exact) mass is 309 g/mol. The van der Waals surface area contributed by atoms with Crippen LogP contribution in [0.5, 0.6) is 0 Å². The fraction of sp³-hybridized carbons (Fsp3) is 0.588. The molecule has 0 heterocycles. The Hall–Kier alpha value is -1.49. The van der Waals surface area contributed by atoms with Crippen molar-refractivity contribution < 1.29 is 18.7 Å². The molecule has 0 aromatic heterocycles. The highest BCUT2D eigenvalue weighted by atomic mass is 19.1. The first-order valence-corrected chi connectivity index (χ1v) is 7.97. The van der Waals surface area contributed by atoms with E-state index in [0.29, 0.717) is 6.42 Å². The molecular weight excluding hydrogens is 288 g/mol. The number of aliphatic hydroxyl groups is 1. The van der Waals surface area contributed by atoms with Gasteiger partial charge in [-0.05, 0) is 31.4 Å². The molecule has 0 unspecified atom stereocenters. The Morgan fingerprint density at radius 2 is 1.91 bits per heavy atom. The number of benzene rings is 1. The lowest BCUT2D eigenvalue weighted by Gasteiger charge is -2.31. The van der Waals surface area contributed by atoms with Crippen LogP contribution in [-0.2, 0) is 4.79 Å². The molecule has 120 valence electrons. The highest BCUT2D eigenvalue weighted by molar-refractivity contribution is 5.83. The summed E-state index contributed by atoms with van der Waals surface area (Å²) in [7, 11) is 0. The number of halogens is 2. The van der Waals surface area contributed by atoms with Crippen molar-refractivity contribution in [3.05, 3.63) is 35.4 Å². The van der Waals surface area contributed by atoms with E-state index < -0.39 is 11.6 Å². The third-order valence-corrected chi connectivity index (χ3v) is 4.97. The molecule has 0 aliphatic heterocycles. The average Bonchev–Trinajstić information content (AvgIpc) is 3.28. The number of carbonyl (C=O) groups excluding carboxylic acids is 1. The first kappa shape index (κ1) is 15.4. The first-order chi connectivity index (χ1) is 10.6. The lowest BCUT2D eigenvalue weighted by molar-refractivity contribution is -0.123. The largest absolute Gasteiger partial charge is 0.396 e. The maximum absolute atomic E-state index is 13.7. The van der Waals surface area contributed by atoms with Crippen molar-refractivity contribution in [1.82, 2.24) is 5.32 Å². The zero-order chi connectivity index (χ0) is 15.7. The summed E-state index contributed by atoms with van der Waals surface area (Å²) >= 11 is 0. The molecule has 1 amide bonds. The molecule has 3 nitrogen and oxygen atoms in total. The van der Waals surface area contributed by atoms with E-state index in [9.17, 15) is 18.7 Å². The fourth-order valence-electron chi connectivity index (χ4n) is 3.57. The third kappa shape index (κ3) is 3.00. The Bertz CT molecular complexity index is 543. The van der Waals surface area contributed by atoms with E-state index in [1.165, 1.54) is 18.2 Å². The predicted octanol–water partition coefficient (Wildman–Crippen LogP) is 2.74. The molecule has 22 heavy (non-hydrogen) atoms. The van der Waals surface area contributed by atoms with Crippen molar-refractivity contribution in [3.63, 3.8) is 0 Å². The highest BCUT2D eigenvalue weighted by Crippen LogP contribution is 2.49. The molecule has 2 aliphatic rings. The van der Waals surface area contributed by atoms with Gasteiger partial charge in [-0.25, -0.2) is 8.78 Å². The Balaban J connectivity index is 1.63. The van der Waals surface area contributed by atoms with Crippen LogP contribution in [0.3, 0.4) is 0 Å². The lowest BCUT2D eigenvalue weighted by Crippen LogP contribution is -2.44. The smallest absolute Gasteiger partial charge is 0.223 e. The number of hydrogen-bond donors (Lipinski definition) is 2. The maximum atomic E-state index is 13.7. The van der Waals surface area contributed by atoms with Crippen LogP contribution in [0.4, 0.5) is 8.78 Å². The van der Waals surface area contributed by atoms with Crippen LogP contribution in [0.15, 0.2) is 18.2 Å². The van der Waals surface area contributed by atoms with Gasteiger partial charge >= 0.3 is 0 Å². The number of amides is 1. The minimum atomic E-state index is -0.578. The normalized spacial score (nSPS) is 30.9. The molecule has 5 heteroatoms. The molecule has 2 fully saturated rings. The van der Waals surface area contributed by atoms with Gasteiger partial charge in [0.1, 0.15) is 11.6 Å².